The molecule has 0 aromatic heterocycles. The molecule has 1 aliphatic heterocycles. The predicted octanol–water partition coefficient (Wildman–Crippen LogP) is 1.78. The van der Waals surface area contributed by atoms with E-state index < -0.39 is 0 Å². The summed E-state index contributed by atoms with van der Waals surface area (Å²) in [6, 6.07) is 7.71. The number of halogens is 1. The Bertz CT molecular complexity index is 422. The fourth-order valence-electron chi connectivity index (χ4n) is 2.65. The molecule has 1 saturated heterocycles. The first kappa shape index (κ1) is 13.0. The maximum Gasteiger partial charge on any atom is 0.127 e. The Hall–Kier alpha value is -0.970. The molecule has 1 aromatic carbocycles. The highest BCUT2D eigenvalue weighted by Gasteiger charge is 2.32. The molecule has 0 radical (unpaired) electrons. The zero-order chi connectivity index (χ0) is 13.1. The summed E-state index contributed by atoms with van der Waals surface area (Å²) in [6.45, 7) is 4.25. The van der Waals surface area contributed by atoms with Gasteiger partial charge in [-0.15, -0.1) is 0 Å². The first-order chi connectivity index (χ1) is 9.33. The van der Waals surface area contributed by atoms with Gasteiger partial charge in [0.15, 0.2) is 0 Å². The predicted molar refractivity (Wildman–Crippen MR) is 72.4 cm³/mol. The minimum atomic E-state index is -0.140. The molecule has 3 rings (SSSR count). The summed E-state index contributed by atoms with van der Waals surface area (Å²) in [5, 5.41) is 3.30. The lowest BCUT2D eigenvalue weighted by Gasteiger charge is -2.33. The molecule has 2 aliphatic rings. The zero-order valence-corrected chi connectivity index (χ0v) is 11.1. The second-order valence-corrected chi connectivity index (χ2v) is 5.44. The lowest BCUT2D eigenvalue weighted by molar-refractivity contribution is -0.0301. The SMILES string of the molecule is Fc1ccccc1CNC[C@@H]1CN(C2CC2)CCO1. The van der Waals surface area contributed by atoms with Crippen LogP contribution in [-0.4, -0.2) is 43.3 Å². The molecular weight excluding hydrogens is 243 g/mol. The second kappa shape index (κ2) is 5.99. The van der Waals surface area contributed by atoms with Crippen LogP contribution in [0.4, 0.5) is 4.39 Å². The van der Waals surface area contributed by atoms with Gasteiger partial charge in [-0.25, -0.2) is 4.39 Å². The second-order valence-electron chi connectivity index (χ2n) is 5.44. The molecule has 1 aliphatic carbocycles. The first-order valence-corrected chi connectivity index (χ1v) is 7.13. The number of hydrogen-bond acceptors (Lipinski definition) is 3. The monoisotopic (exact) mass is 264 g/mol. The lowest BCUT2D eigenvalue weighted by atomic mass is 10.2. The Morgan fingerprint density at radius 2 is 2.16 bits per heavy atom. The summed E-state index contributed by atoms with van der Waals surface area (Å²) in [6.07, 6.45) is 2.92. The Labute approximate surface area is 113 Å². The van der Waals surface area contributed by atoms with Gasteiger partial charge in [0.25, 0.3) is 0 Å². The van der Waals surface area contributed by atoms with Crippen molar-refractivity contribution in [1.82, 2.24) is 10.2 Å². The molecule has 0 spiro atoms. The van der Waals surface area contributed by atoms with Crippen LogP contribution in [0.2, 0.25) is 0 Å². The first-order valence-electron chi connectivity index (χ1n) is 7.13. The molecule has 4 heteroatoms. The fourth-order valence-corrected chi connectivity index (χ4v) is 2.65. The molecule has 1 heterocycles. The fraction of sp³-hybridized carbons (Fsp3) is 0.600. The van der Waals surface area contributed by atoms with E-state index in [0.29, 0.717) is 6.54 Å². The van der Waals surface area contributed by atoms with Gasteiger partial charge < -0.3 is 10.1 Å². The van der Waals surface area contributed by atoms with Gasteiger partial charge >= 0.3 is 0 Å². The largest absolute Gasteiger partial charge is 0.374 e. The molecule has 1 saturated carbocycles. The van der Waals surface area contributed by atoms with Crippen molar-refractivity contribution in [3.05, 3.63) is 35.6 Å². The summed E-state index contributed by atoms with van der Waals surface area (Å²) in [5.41, 5.74) is 0.720. The molecule has 0 bridgehead atoms. The smallest absolute Gasteiger partial charge is 0.127 e. The number of nitrogens with one attached hydrogen (secondary N) is 1. The van der Waals surface area contributed by atoms with Gasteiger partial charge in [-0.05, 0) is 18.9 Å². The summed E-state index contributed by atoms with van der Waals surface area (Å²) < 4.78 is 19.2. The molecule has 19 heavy (non-hydrogen) atoms. The van der Waals surface area contributed by atoms with Gasteiger partial charge in [0, 0.05) is 37.8 Å². The molecular formula is C15H21FN2O. The third-order valence-electron chi connectivity index (χ3n) is 3.88. The van der Waals surface area contributed by atoms with Crippen LogP contribution in [0, 0.1) is 5.82 Å². The maximum atomic E-state index is 13.5. The Morgan fingerprint density at radius 3 is 2.95 bits per heavy atom. The number of nitrogens with zero attached hydrogens (tertiary/aromatic N) is 1. The van der Waals surface area contributed by atoms with Crippen LogP contribution in [0.25, 0.3) is 0 Å². The number of hydrogen-bond donors (Lipinski definition) is 1. The van der Waals surface area contributed by atoms with Crippen molar-refractivity contribution in [1.29, 1.82) is 0 Å². The molecule has 1 aromatic rings. The number of rotatable bonds is 5. The third kappa shape index (κ3) is 3.53. The molecule has 1 N–H and O–H groups in total. The van der Waals surface area contributed by atoms with E-state index >= 15 is 0 Å². The minimum absolute atomic E-state index is 0.140. The number of benzene rings is 1. The van der Waals surface area contributed by atoms with Gasteiger partial charge in [-0.1, -0.05) is 18.2 Å². The zero-order valence-electron chi connectivity index (χ0n) is 11.1. The van der Waals surface area contributed by atoms with Crippen LogP contribution >= 0.6 is 0 Å². The molecule has 0 amide bonds. The molecule has 1 atom stereocenters. The van der Waals surface area contributed by atoms with Crippen molar-refractivity contribution >= 4 is 0 Å². The van der Waals surface area contributed by atoms with E-state index in [9.17, 15) is 4.39 Å². The minimum Gasteiger partial charge on any atom is -0.374 e. The molecule has 104 valence electrons. The summed E-state index contributed by atoms with van der Waals surface area (Å²) in [5.74, 6) is -0.140. The van der Waals surface area contributed by atoms with E-state index in [1.807, 2.05) is 12.1 Å². The van der Waals surface area contributed by atoms with E-state index in [0.717, 1.165) is 37.8 Å². The van der Waals surface area contributed by atoms with Gasteiger partial charge in [0.05, 0.1) is 12.7 Å². The quantitative estimate of drug-likeness (QED) is 0.877. The maximum absolute atomic E-state index is 13.5. The average Bonchev–Trinajstić information content (AvgIpc) is 3.26. The Morgan fingerprint density at radius 1 is 1.32 bits per heavy atom. The molecule has 2 fully saturated rings. The highest BCUT2D eigenvalue weighted by molar-refractivity contribution is 5.16. The molecule has 3 nitrogen and oxygen atoms in total. The van der Waals surface area contributed by atoms with Crippen LogP contribution in [-0.2, 0) is 11.3 Å². The van der Waals surface area contributed by atoms with E-state index in [1.165, 1.54) is 18.9 Å². The van der Waals surface area contributed by atoms with Crippen molar-refractivity contribution < 1.29 is 9.13 Å². The number of ether oxygens (including phenoxy) is 1. The van der Waals surface area contributed by atoms with Crippen molar-refractivity contribution in [2.24, 2.45) is 0 Å². The highest BCUT2D eigenvalue weighted by Crippen LogP contribution is 2.28. The van der Waals surface area contributed by atoms with E-state index in [-0.39, 0.29) is 11.9 Å². The lowest BCUT2D eigenvalue weighted by Crippen LogP contribution is -2.47. The normalized spacial score (nSPS) is 24.6. The van der Waals surface area contributed by atoms with Crippen molar-refractivity contribution in [3.63, 3.8) is 0 Å². The van der Waals surface area contributed by atoms with Crippen molar-refractivity contribution in [3.8, 4) is 0 Å². The van der Waals surface area contributed by atoms with E-state index in [4.69, 9.17) is 4.74 Å². The van der Waals surface area contributed by atoms with Crippen molar-refractivity contribution in [2.45, 2.75) is 31.5 Å². The third-order valence-corrected chi connectivity index (χ3v) is 3.88. The van der Waals surface area contributed by atoms with Gasteiger partial charge in [0.2, 0.25) is 0 Å². The summed E-state index contributed by atoms with van der Waals surface area (Å²) in [7, 11) is 0. The van der Waals surface area contributed by atoms with Gasteiger partial charge in [-0.3, -0.25) is 4.90 Å². The van der Waals surface area contributed by atoms with Crippen LogP contribution < -0.4 is 5.32 Å². The van der Waals surface area contributed by atoms with Crippen LogP contribution in [0.1, 0.15) is 18.4 Å². The number of morpholine rings is 1. The average molecular weight is 264 g/mol. The molecule has 0 unspecified atom stereocenters. The van der Waals surface area contributed by atoms with Crippen LogP contribution in [0.5, 0.6) is 0 Å². The Balaban J connectivity index is 1.43. The standard InChI is InChI=1S/C15H21FN2O/c16-15-4-2-1-3-12(15)9-17-10-14-11-18(7-8-19-14)13-5-6-13/h1-4,13-14,17H,5-11H2/t14-/m1/s1. The summed E-state index contributed by atoms with van der Waals surface area (Å²) in [4.78, 5) is 2.53. The van der Waals surface area contributed by atoms with Gasteiger partial charge in [-0.2, -0.15) is 0 Å². The highest BCUT2D eigenvalue weighted by atomic mass is 19.1. The van der Waals surface area contributed by atoms with Crippen LogP contribution in [0.15, 0.2) is 24.3 Å². The van der Waals surface area contributed by atoms with E-state index in [2.05, 4.69) is 10.2 Å². The van der Waals surface area contributed by atoms with Gasteiger partial charge in [0.1, 0.15) is 5.82 Å². The van der Waals surface area contributed by atoms with E-state index in [1.54, 1.807) is 6.07 Å². The van der Waals surface area contributed by atoms with Crippen molar-refractivity contribution in [2.75, 3.05) is 26.2 Å². The summed E-state index contributed by atoms with van der Waals surface area (Å²) >= 11 is 0. The Kier molecular flexibility index (Phi) is 4.11. The topological polar surface area (TPSA) is 24.5 Å². The van der Waals surface area contributed by atoms with Crippen LogP contribution in [0.3, 0.4) is 0 Å².